The molecule has 0 spiro atoms. The molecule has 1 atom stereocenters. The summed E-state index contributed by atoms with van der Waals surface area (Å²) in [5.41, 5.74) is 2.32. The van der Waals surface area contributed by atoms with Gasteiger partial charge in [-0.25, -0.2) is 4.98 Å². The van der Waals surface area contributed by atoms with Gasteiger partial charge < -0.3 is 10.2 Å². The lowest BCUT2D eigenvalue weighted by Gasteiger charge is -2.17. The molecule has 1 saturated heterocycles. The fourth-order valence-corrected chi connectivity index (χ4v) is 3.97. The molecule has 32 heavy (non-hydrogen) atoms. The summed E-state index contributed by atoms with van der Waals surface area (Å²) in [6, 6.07) is 8.61. The summed E-state index contributed by atoms with van der Waals surface area (Å²) in [5, 5.41) is 7.78. The Kier molecular flexibility index (Phi) is 5.84. The van der Waals surface area contributed by atoms with E-state index in [1.165, 1.54) is 4.68 Å². The maximum Gasteiger partial charge on any atom is 0.255 e. The highest BCUT2D eigenvalue weighted by Gasteiger charge is 2.35. The summed E-state index contributed by atoms with van der Waals surface area (Å²) in [4.78, 5) is 46.6. The van der Waals surface area contributed by atoms with Gasteiger partial charge in [-0.15, -0.1) is 0 Å². The Hall–Kier alpha value is -3.46. The van der Waals surface area contributed by atoms with Crippen LogP contribution in [0.4, 0.5) is 11.5 Å². The largest absolute Gasteiger partial charge is 0.312 e. The third kappa shape index (κ3) is 4.16. The highest BCUT2D eigenvalue weighted by molar-refractivity contribution is 6.30. The Morgan fingerprint density at radius 3 is 2.62 bits per heavy atom. The topological polar surface area (TPSA) is 113 Å². The van der Waals surface area contributed by atoms with Crippen LogP contribution in [0.15, 0.2) is 35.1 Å². The zero-order valence-corrected chi connectivity index (χ0v) is 18.7. The summed E-state index contributed by atoms with van der Waals surface area (Å²) in [7, 11) is 0. The smallest absolute Gasteiger partial charge is 0.255 e. The number of benzene rings is 1. The van der Waals surface area contributed by atoms with E-state index in [0.717, 1.165) is 0 Å². The van der Waals surface area contributed by atoms with Gasteiger partial charge in [0, 0.05) is 41.0 Å². The van der Waals surface area contributed by atoms with E-state index in [0.29, 0.717) is 39.9 Å². The molecule has 1 unspecified atom stereocenters. The lowest BCUT2D eigenvalue weighted by atomic mass is 10.1. The lowest BCUT2D eigenvalue weighted by Crippen LogP contribution is -2.29. The van der Waals surface area contributed by atoms with Gasteiger partial charge in [0.2, 0.25) is 17.8 Å². The first kappa shape index (κ1) is 21.8. The van der Waals surface area contributed by atoms with E-state index in [9.17, 15) is 14.4 Å². The second-order valence-corrected chi connectivity index (χ2v) is 8.20. The minimum absolute atomic E-state index is 0.0982. The summed E-state index contributed by atoms with van der Waals surface area (Å²) >= 11 is 5.92. The zero-order valence-electron chi connectivity index (χ0n) is 18.0. The molecule has 10 heteroatoms. The third-order valence-electron chi connectivity index (χ3n) is 5.48. The molecule has 2 N–H and O–H groups in total. The zero-order chi connectivity index (χ0) is 23.0. The SMILES string of the molecule is CCc1c(C)nc(-n2nc(C)cc2NC(=O)C2CC(=O)N(c3ccc(Cl)cc3)C2)[nH]c1=O. The maximum absolute atomic E-state index is 13.0. The Balaban J connectivity index is 1.56. The summed E-state index contributed by atoms with van der Waals surface area (Å²) < 4.78 is 1.40. The molecule has 1 aliphatic heterocycles. The van der Waals surface area contributed by atoms with Gasteiger partial charge in [-0.3, -0.25) is 19.4 Å². The predicted octanol–water partition coefficient (Wildman–Crippen LogP) is 2.78. The van der Waals surface area contributed by atoms with E-state index >= 15 is 0 Å². The van der Waals surface area contributed by atoms with Crippen molar-refractivity contribution in [1.82, 2.24) is 19.7 Å². The number of hydrogen-bond donors (Lipinski definition) is 2. The normalized spacial score (nSPS) is 15.9. The molecule has 1 fully saturated rings. The lowest BCUT2D eigenvalue weighted by molar-refractivity contribution is -0.122. The minimum Gasteiger partial charge on any atom is -0.312 e. The molecule has 1 aromatic carbocycles. The number of halogens is 1. The number of aromatic amines is 1. The van der Waals surface area contributed by atoms with Crippen LogP contribution < -0.4 is 15.8 Å². The van der Waals surface area contributed by atoms with Gasteiger partial charge in [-0.05, 0) is 44.5 Å². The van der Waals surface area contributed by atoms with Crippen molar-refractivity contribution >= 4 is 34.9 Å². The molecule has 3 aromatic rings. The number of carbonyl (C=O) groups excluding carboxylic acids is 2. The Morgan fingerprint density at radius 1 is 1.25 bits per heavy atom. The van der Waals surface area contributed by atoms with Crippen LogP contribution in [-0.2, 0) is 16.0 Å². The molecule has 0 aliphatic carbocycles. The van der Waals surface area contributed by atoms with Crippen LogP contribution in [-0.4, -0.2) is 38.1 Å². The molecule has 0 saturated carbocycles. The molecule has 0 radical (unpaired) electrons. The fraction of sp³-hybridized carbons (Fsp3) is 0.318. The van der Waals surface area contributed by atoms with Crippen LogP contribution >= 0.6 is 11.6 Å². The van der Waals surface area contributed by atoms with Crippen molar-refractivity contribution in [2.24, 2.45) is 5.92 Å². The minimum atomic E-state index is -0.530. The van der Waals surface area contributed by atoms with E-state index in [2.05, 4.69) is 20.4 Å². The fourth-order valence-electron chi connectivity index (χ4n) is 3.84. The predicted molar refractivity (Wildman–Crippen MR) is 121 cm³/mol. The number of nitrogens with zero attached hydrogens (tertiary/aromatic N) is 4. The number of amides is 2. The van der Waals surface area contributed by atoms with Gasteiger partial charge in [0.05, 0.1) is 11.6 Å². The molecule has 9 nitrogen and oxygen atoms in total. The Bertz CT molecular complexity index is 1250. The van der Waals surface area contributed by atoms with Crippen LogP contribution in [0.3, 0.4) is 0 Å². The van der Waals surface area contributed by atoms with Gasteiger partial charge in [-0.1, -0.05) is 18.5 Å². The van der Waals surface area contributed by atoms with Gasteiger partial charge >= 0.3 is 0 Å². The molecule has 2 amide bonds. The van der Waals surface area contributed by atoms with Crippen LogP contribution in [0.1, 0.15) is 30.3 Å². The number of nitrogens with one attached hydrogen (secondary N) is 2. The van der Waals surface area contributed by atoms with E-state index in [4.69, 9.17) is 11.6 Å². The molecule has 2 aromatic heterocycles. The molecule has 3 heterocycles. The molecule has 4 rings (SSSR count). The molecular weight excluding hydrogens is 432 g/mol. The standard InChI is InChI=1S/C22H23ClN6O3/c1-4-17-13(3)24-22(26-21(17)32)29-18(9-12(2)27-29)25-20(31)14-10-19(30)28(11-14)16-7-5-15(23)6-8-16/h5-9,14H,4,10-11H2,1-3H3,(H,25,31)(H,24,26,32). The summed E-state index contributed by atoms with van der Waals surface area (Å²) in [6.07, 6.45) is 0.664. The van der Waals surface area contributed by atoms with E-state index in [1.54, 1.807) is 49.1 Å². The first-order valence-electron chi connectivity index (χ1n) is 10.3. The van der Waals surface area contributed by atoms with Crippen molar-refractivity contribution < 1.29 is 9.59 Å². The third-order valence-corrected chi connectivity index (χ3v) is 5.73. The average Bonchev–Trinajstić information content (AvgIpc) is 3.31. The van der Waals surface area contributed by atoms with Crippen molar-refractivity contribution in [3.05, 3.63) is 62.7 Å². The number of carbonyl (C=O) groups is 2. The maximum atomic E-state index is 13.0. The van der Waals surface area contributed by atoms with Crippen molar-refractivity contribution in [1.29, 1.82) is 0 Å². The number of hydrogen-bond acceptors (Lipinski definition) is 5. The summed E-state index contributed by atoms with van der Waals surface area (Å²) in [6.45, 7) is 5.69. The Morgan fingerprint density at radius 2 is 1.97 bits per heavy atom. The second-order valence-electron chi connectivity index (χ2n) is 7.76. The monoisotopic (exact) mass is 454 g/mol. The van der Waals surface area contributed by atoms with E-state index < -0.39 is 5.92 Å². The second kappa shape index (κ2) is 8.58. The van der Waals surface area contributed by atoms with Gasteiger partial charge in [-0.2, -0.15) is 9.78 Å². The van der Waals surface area contributed by atoms with Crippen LogP contribution in [0, 0.1) is 19.8 Å². The number of anilines is 2. The van der Waals surface area contributed by atoms with Crippen LogP contribution in [0.5, 0.6) is 0 Å². The molecule has 0 bridgehead atoms. The number of aromatic nitrogens is 4. The van der Waals surface area contributed by atoms with Crippen molar-refractivity contribution in [2.45, 2.75) is 33.6 Å². The highest BCUT2D eigenvalue weighted by atomic mass is 35.5. The molecule has 1 aliphatic rings. The van der Waals surface area contributed by atoms with E-state index in [-0.39, 0.29) is 36.3 Å². The van der Waals surface area contributed by atoms with Crippen molar-refractivity contribution in [3.63, 3.8) is 0 Å². The average molecular weight is 455 g/mol. The van der Waals surface area contributed by atoms with Crippen molar-refractivity contribution in [3.8, 4) is 5.95 Å². The number of H-pyrrole nitrogens is 1. The van der Waals surface area contributed by atoms with Gasteiger partial charge in [0.1, 0.15) is 5.82 Å². The number of rotatable bonds is 5. The van der Waals surface area contributed by atoms with Crippen LogP contribution in [0.25, 0.3) is 5.95 Å². The number of aryl methyl sites for hydroxylation is 2. The van der Waals surface area contributed by atoms with Crippen LogP contribution in [0.2, 0.25) is 5.02 Å². The Labute approximate surface area is 189 Å². The molecular formula is C22H23ClN6O3. The van der Waals surface area contributed by atoms with Crippen molar-refractivity contribution in [2.75, 3.05) is 16.8 Å². The van der Waals surface area contributed by atoms with Gasteiger partial charge in [0.25, 0.3) is 5.56 Å². The first-order chi connectivity index (χ1) is 15.3. The quantitative estimate of drug-likeness (QED) is 0.615. The van der Waals surface area contributed by atoms with Gasteiger partial charge in [0.15, 0.2) is 0 Å². The first-order valence-corrected chi connectivity index (χ1v) is 10.7. The van der Waals surface area contributed by atoms with E-state index in [1.807, 2.05) is 6.92 Å². The highest BCUT2D eigenvalue weighted by Crippen LogP contribution is 2.27. The summed E-state index contributed by atoms with van der Waals surface area (Å²) in [5.74, 6) is -0.373. The molecule has 166 valence electrons.